The monoisotopic (exact) mass is 180 g/mol. The summed E-state index contributed by atoms with van der Waals surface area (Å²) in [6.07, 6.45) is 1.46. The van der Waals surface area contributed by atoms with Crippen LogP contribution in [0, 0.1) is 17.2 Å². The zero-order valence-corrected chi connectivity index (χ0v) is 8.19. The molecule has 0 amide bonds. The highest BCUT2D eigenvalue weighted by Gasteiger charge is 2.02. The predicted molar refractivity (Wildman–Crippen MR) is 50.0 cm³/mol. The summed E-state index contributed by atoms with van der Waals surface area (Å²) in [5, 5.41) is 11.4. The van der Waals surface area contributed by atoms with E-state index in [1.165, 1.54) is 0 Å². The van der Waals surface area contributed by atoms with Crippen LogP contribution in [0.5, 0.6) is 0 Å². The standard InChI is InChI=1S/C9H12N2S/c1-7(2)5-8-6-12-9(11-8)3-4-10/h6-7H,3,5H2,1-2H3. The van der Waals surface area contributed by atoms with Crippen LogP contribution in [0.15, 0.2) is 5.38 Å². The molecule has 0 unspecified atom stereocenters. The van der Waals surface area contributed by atoms with Gasteiger partial charge in [-0.3, -0.25) is 0 Å². The van der Waals surface area contributed by atoms with Gasteiger partial charge in [0, 0.05) is 5.38 Å². The summed E-state index contributed by atoms with van der Waals surface area (Å²) in [4.78, 5) is 4.34. The molecule has 0 aliphatic rings. The van der Waals surface area contributed by atoms with Crippen LogP contribution in [0.2, 0.25) is 0 Å². The molecular formula is C9H12N2S. The molecule has 2 nitrogen and oxygen atoms in total. The first kappa shape index (κ1) is 9.21. The fraction of sp³-hybridized carbons (Fsp3) is 0.556. The van der Waals surface area contributed by atoms with E-state index in [0.717, 1.165) is 17.1 Å². The second-order valence-electron chi connectivity index (χ2n) is 3.17. The van der Waals surface area contributed by atoms with Gasteiger partial charge in [-0.2, -0.15) is 5.26 Å². The second kappa shape index (κ2) is 4.22. The third-order valence-electron chi connectivity index (χ3n) is 1.45. The summed E-state index contributed by atoms with van der Waals surface area (Å²) in [7, 11) is 0. The van der Waals surface area contributed by atoms with Crippen molar-refractivity contribution in [2.24, 2.45) is 5.92 Å². The molecule has 0 saturated heterocycles. The number of hydrogen-bond donors (Lipinski definition) is 0. The molecule has 0 N–H and O–H groups in total. The van der Waals surface area contributed by atoms with Crippen molar-refractivity contribution in [2.75, 3.05) is 0 Å². The Kier molecular flexibility index (Phi) is 3.24. The second-order valence-corrected chi connectivity index (χ2v) is 4.11. The summed E-state index contributed by atoms with van der Waals surface area (Å²) in [6.45, 7) is 4.34. The average molecular weight is 180 g/mol. The minimum Gasteiger partial charge on any atom is -0.245 e. The molecule has 0 aromatic carbocycles. The van der Waals surface area contributed by atoms with Crippen molar-refractivity contribution in [3.63, 3.8) is 0 Å². The van der Waals surface area contributed by atoms with Gasteiger partial charge >= 0.3 is 0 Å². The Morgan fingerprint density at radius 2 is 2.42 bits per heavy atom. The lowest BCUT2D eigenvalue weighted by Gasteiger charge is -1.98. The number of nitriles is 1. The highest BCUT2D eigenvalue weighted by Crippen LogP contribution is 2.13. The molecule has 1 aromatic heterocycles. The van der Waals surface area contributed by atoms with E-state index in [0.29, 0.717) is 12.3 Å². The quantitative estimate of drug-likeness (QED) is 0.716. The minimum atomic E-state index is 0.447. The number of rotatable bonds is 3. The van der Waals surface area contributed by atoms with Crippen molar-refractivity contribution in [2.45, 2.75) is 26.7 Å². The van der Waals surface area contributed by atoms with Crippen LogP contribution in [0.3, 0.4) is 0 Å². The zero-order valence-electron chi connectivity index (χ0n) is 7.37. The van der Waals surface area contributed by atoms with Gasteiger partial charge in [0.2, 0.25) is 0 Å². The van der Waals surface area contributed by atoms with E-state index in [-0.39, 0.29) is 0 Å². The van der Waals surface area contributed by atoms with Gasteiger partial charge in [0.15, 0.2) is 0 Å². The highest BCUT2D eigenvalue weighted by atomic mass is 32.1. The first-order valence-corrected chi connectivity index (χ1v) is 4.90. The Balaban J connectivity index is 2.59. The maximum absolute atomic E-state index is 8.43. The van der Waals surface area contributed by atoms with E-state index < -0.39 is 0 Å². The predicted octanol–water partition coefficient (Wildman–Crippen LogP) is 2.41. The van der Waals surface area contributed by atoms with E-state index in [1.807, 2.05) is 5.38 Å². The molecule has 0 aliphatic carbocycles. The zero-order chi connectivity index (χ0) is 8.97. The molecule has 0 fully saturated rings. The molecule has 0 atom stereocenters. The molecule has 0 aliphatic heterocycles. The van der Waals surface area contributed by atoms with Crippen LogP contribution in [0.1, 0.15) is 24.5 Å². The molecule has 0 saturated carbocycles. The van der Waals surface area contributed by atoms with E-state index in [2.05, 4.69) is 24.9 Å². The average Bonchev–Trinajstić information content (AvgIpc) is 2.36. The van der Waals surface area contributed by atoms with E-state index in [1.54, 1.807) is 11.3 Å². The van der Waals surface area contributed by atoms with E-state index in [4.69, 9.17) is 5.26 Å². The molecular weight excluding hydrogens is 168 g/mol. The maximum Gasteiger partial charge on any atom is 0.107 e. The third-order valence-corrected chi connectivity index (χ3v) is 2.34. The summed E-state index contributed by atoms with van der Waals surface area (Å²) >= 11 is 1.58. The van der Waals surface area contributed by atoms with Crippen molar-refractivity contribution < 1.29 is 0 Å². The van der Waals surface area contributed by atoms with Crippen molar-refractivity contribution >= 4 is 11.3 Å². The SMILES string of the molecule is CC(C)Cc1csc(CC#N)n1. The van der Waals surface area contributed by atoms with Gasteiger partial charge < -0.3 is 0 Å². The minimum absolute atomic E-state index is 0.447. The van der Waals surface area contributed by atoms with Crippen LogP contribution < -0.4 is 0 Å². The lowest BCUT2D eigenvalue weighted by atomic mass is 10.1. The Morgan fingerprint density at radius 1 is 1.67 bits per heavy atom. The Morgan fingerprint density at radius 3 is 3.00 bits per heavy atom. The van der Waals surface area contributed by atoms with Crippen LogP contribution in [-0.4, -0.2) is 4.98 Å². The molecule has 0 radical (unpaired) electrons. The van der Waals surface area contributed by atoms with Crippen molar-refractivity contribution in [1.82, 2.24) is 4.98 Å². The highest BCUT2D eigenvalue weighted by molar-refractivity contribution is 7.09. The van der Waals surface area contributed by atoms with Crippen LogP contribution in [0.4, 0.5) is 0 Å². The topological polar surface area (TPSA) is 36.7 Å². The van der Waals surface area contributed by atoms with Crippen LogP contribution in [0.25, 0.3) is 0 Å². The Bertz CT molecular complexity index is 283. The first-order valence-electron chi connectivity index (χ1n) is 4.02. The molecule has 64 valence electrons. The van der Waals surface area contributed by atoms with Crippen molar-refractivity contribution in [3.8, 4) is 6.07 Å². The number of nitrogens with zero attached hydrogens (tertiary/aromatic N) is 2. The Labute approximate surface area is 76.9 Å². The van der Waals surface area contributed by atoms with Gasteiger partial charge in [0.1, 0.15) is 5.01 Å². The lowest BCUT2D eigenvalue weighted by Crippen LogP contribution is -1.94. The molecule has 3 heteroatoms. The van der Waals surface area contributed by atoms with Crippen LogP contribution >= 0.6 is 11.3 Å². The number of aromatic nitrogens is 1. The van der Waals surface area contributed by atoms with Gasteiger partial charge in [0.05, 0.1) is 18.2 Å². The summed E-state index contributed by atoms with van der Waals surface area (Å²) in [5.41, 5.74) is 1.13. The van der Waals surface area contributed by atoms with Gasteiger partial charge in [-0.15, -0.1) is 11.3 Å². The molecule has 1 aromatic rings. The van der Waals surface area contributed by atoms with E-state index >= 15 is 0 Å². The Hall–Kier alpha value is -0.880. The van der Waals surface area contributed by atoms with Gasteiger partial charge in [-0.25, -0.2) is 4.98 Å². The largest absolute Gasteiger partial charge is 0.245 e. The molecule has 1 rings (SSSR count). The van der Waals surface area contributed by atoms with Crippen LogP contribution in [-0.2, 0) is 12.8 Å². The first-order chi connectivity index (χ1) is 5.72. The fourth-order valence-corrected chi connectivity index (χ4v) is 1.75. The van der Waals surface area contributed by atoms with E-state index in [9.17, 15) is 0 Å². The normalized spacial score (nSPS) is 10.2. The lowest BCUT2D eigenvalue weighted by molar-refractivity contribution is 0.637. The number of hydrogen-bond acceptors (Lipinski definition) is 3. The molecule has 12 heavy (non-hydrogen) atoms. The number of thiazole rings is 1. The third kappa shape index (κ3) is 2.63. The summed E-state index contributed by atoms with van der Waals surface area (Å²) in [6, 6.07) is 2.10. The smallest absolute Gasteiger partial charge is 0.107 e. The summed E-state index contributed by atoms with van der Waals surface area (Å²) < 4.78 is 0. The van der Waals surface area contributed by atoms with Crippen molar-refractivity contribution in [1.29, 1.82) is 5.26 Å². The fourth-order valence-electron chi connectivity index (χ4n) is 1.01. The van der Waals surface area contributed by atoms with Gasteiger partial charge in [-0.1, -0.05) is 13.8 Å². The molecule has 1 heterocycles. The molecule has 0 bridgehead atoms. The summed E-state index contributed by atoms with van der Waals surface area (Å²) in [5.74, 6) is 0.641. The maximum atomic E-state index is 8.43. The van der Waals surface area contributed by atoms with Gasteiger partial charge in [0.25, 0.3) is 0 Å². The van der Waals surface area contributed by atoms with Gasteiger partial charge in [-0.05, 0) is 12.3 Å². The van der Waals surface area contributed by atoms with Crippen molar-refractivity contribution in [3.05, 3.63) is 16.1 Å². The molecule has 0 spiro atoms.